The lowest BCUT2D eigenvalue weighted by molar-refractivity contribution is -0.129. The molecule has 3 heterocycles. The number of hydrogen-bond donors (Lipinski definition) is 2. The number of pyridine rings is 1. The topological polar surface area (TPSA) is 70.2 Å². The number of aryl methyl sites for hydroxylation is 1. The molecule has 1 fully saturated rings. The molecule has 0 saturated carbocycles. The van der Waals surface area contributed by atoms with Gasteiger partial charge in [-0.15, -0.1) is 0 Å². The Morgan fingerprint density at radius 1 is 1.24 bits per heavy atom. The molecule has 1 unspecified atom stereocenters. The molecule has 1 aliphatic heterocycles. The maximum absolute atomic E-state index is 12.8. The van der Waals surface area contributed by atoms with E-state index in [1.54, 1.807) is 7.11 Å². The van der Waals surface area contributed by atoms with E-state index >= 15 is 0 Å². The lowest BCUT2D eigenvalue weighted by atomic mass is 9.85. The highest BCUT2D eigenvalue weighted by atomic mass is 16.5. The molecule has 2 N–H and O–H groups in total. The Kier molecular flexibility index (Phi) is 6.75. The molecule has 6 nitrogen and oxygen atoms in total. The van der Waals surface area contributed by atoms with Crippen molar-refractivity contribution < 1.29 is 9.53 Å². The van der Waals surface area contributed by atoms with E-state index in [2.05, 4.69) is 39.2 Å². The van der Waals surface area contributed by atoms with Crippen molar-refractivity contribution in [1.29, 1.82) is 0 Å². The zero-order valence-electron chi connectivity index (χ0n) is 20.4. The van der Waals surface area contributed by atoms with Gasteiger partial charge in [-0.1, -0.05) is 26.8 Å². The number of hydrogen-bond acceptors (Lipinski definition) is 4. The van der Waals surface area contributed by atoms with Crippen LogP contribution < -0.4 is 10.1 Å². The monoisotopic (exact) mass is 448 g/mol. The molecule has 2 aromatic heterocycles. The van der Waals surface area contributed by atoms with E-state index in [9.17, 15) is 4.79 Å². The maximum atomic E-state index is 12.8. The Morgan fingerprint density at radius 3 is 2.64 bits per heavy atom. The van der Waals surface area contributed by atoms with Crippen molar-refractivity contribution in [3.63, 3.8) is 0 Å². The number of nitrogens with one attached hydrogen (secondary N) is 2. The van der Waals surface area contributed by atoms with E-state index in [1.165, 1.54) is 16.6 Å². The number of carbonyl (C=O) groups is 1. The summed E-state index contributed by atoms with van der Waals surface area (Å²) < 4.78 is 5.40. The molecular formula is C27H36N4O2. The first-order valence-electron chi connectivity index (χ1n) is 11.9. The molecule has 1 amide bonds. The molecule has 176 valence electrons. The van der Waals surface area contributed by atoms with Gasteiger partial charge in [0, 0.05) is 34.8 Å². The summed E-state index contributed by atoms with van der Waals surface area (Å²) in [6.07, 6.45) is 3.87. The molecule has 1 saturated heterocycles. The standard InChI is InChI=1S/C27H36N4O2/c1-18-21-16-20(33-5)9-10-22(21)29-24(18)17-31-14-11-19(12-15-31)25(23-8-6-7-13-28-23)30-26(32)27(2,3)4/h6-10,13,16,19,25,29H,11-12,14-15,17H2,1-5H3,(H,30,32). The number of aromatic nitrogens is 2. The van der Waals surface area contributed by atoms with Gasteiger partial charge in [0.05, 0.1) is 18.8 Å². The normalized spacial score (nSPS) is 16.6. The molecule has 1 atom stereocenters. The first-order valence-corrected chi connectivity index (χ1v) is 11.9. The highest BCUT2D eigenvalue weighted by Crippen LogP contribution is 2.33. The van der Waals surface area contributed by atoms with Crippen LogP contribution in [0.1, 0.15) is 56.6 Å². The maximum Gasteiger partial charge on any atom is 0.225 e. The lowest BCUT2D eigenvalue weighted by Crippen LogP contribution is -2.44. The molecule has 0 radical (unpaired) electrons. The molecule has 1 aromatic carbocycles. The summed E-state index contributed by atoms with van der Waals surface area (Å²) in [6, 6.07) is 12.1. The Balaban J connectivity index is 1.45. The van der Waals surface area contributed by atoms with E-state index in [0.717, 1.165) is 49.4 Å². The van der Waals surface area contributed by atoms with E-state index in [1.807, 2.05) is 51.2 Å². The summed E-state index contributed by atoms with van der Waals surface area (Å²) in [7, 11) is 1.70. The second-order valence-corrected chi connectivity index (χ2v) is 10.2. The van der Waals surface area contributed by atoms with Gasteiger partial charge < -0.3 is 15.0 Å². The molecule has 1 aliphatic rings. The highest BCUT2D eigenvalue weighted by molar-refractivity contribution is 5.85. The third kappa shape index (κ3) is 5.22. The number of nitrogens with zero attached hydrogens (tertiary/aromatic N) is 2. The number of amides is 1. The number of piperidine rings is 1. The van der Waals surface area contributed by atoms with Gasteiger partial charge in [0.1, 0.15) is 5.75 Å². The van der Waals surface area contributed by atoms with E-state index < -0.39 is 5.41 Å². The van der Waals surface area contributed by atoms with Gasteiger partial charge in [-0.2, -0.15) is 0 Å². The Morgan fingerprint density at radius 2 is 2.00 bits per heavy atom. The first kappa shape index (κ1) is 23.3. The Labute approximate surface area is 196 Å². The molecule has 0 aliphatic carbocycles. The van der Waals surface area contributed by atoms with E-state index in [4.69, 9.17) is 4.74 Å². The summed E-state index contributed by atoms with van der Waals surface area (Å²) in [5, 5.41) is 4.53. The summed E-state index contributed by atoms with van der Waals surface area (Å²) in [6.45, 7) is 10.9. The molecule has 0 spiro atoms. The number of ether oxygens (including phenoxy) is 1. The van der Waals surface area contributed by atoms with Crippen LogP contribution in [0.15, 0.2) is 42.6 Å². The smallest absolute Gasteiger partial charge is 0.225 e. The molecule has 0 bridgehead atoms. The van der Waals surface area contributed by atoms with Crippen molar-refractivity contribution in [2.45, 2.75) is 53.1 Å². The van der Waals surface area contributed by atoms with Gasteiger partial charge in [0.25, 0.3) is 0 Å². The van der Waals surface area contributed by atoms with Gasteiger partial charge >= 0.3 is 0 Å². The van der Waals surface area contributed by atoms with Gasteiger partial charge in [-0.05, 0) is 74.7 Å². The lowest BCUT2D eigenvalue weighted by Gasteiger charge is -2.37. The largest absolute Gasteiger partial charge is 0.497 e. The molecule has 33 heavy (non-hydrogen) atoms. The SMILES string of the molecule is COc1ccc2[nH]c(CN3CCC(C(NC(=O)C(C)(C)C)c4ccccn4)CC3)c(C)c2c1. The number of benzene rings is 1. The van der Waals surface area contributed by atoms with Crippen molar-refractivity contribution in [1.82, 2.24) is 20.2 Å². The minimum Gasteiger partial charge on any atom is -0.497 e. The van der Waals surface area contributed by atoms with Crippen molar-refractivity contribution in [2.75, 3.05) is 20.2 Å². The van der Waals surface area contributed by atoms with Crippen molar-refractivity contribution in [3.8, 4) is 5.75 Å². The Hall–Kier alpha value is -2.86. The number of H-pyrrole nitrogens is 1. The van der Waals surface area contributed by atoms with Gasteiger partial charge in [0.15, 0.2) is 0 Å². The fourth-order valence-corrected chi connectivity index (χ4v) is 4.67. The first-order chi connectivity index (χ1) is 15.8. The summed E-state index contributed by atoms with van der Waals surface area (Å²) in [4.78, 5) is 23.5. The second-order valence-electron chi connectivity index (χ2n) is 10.2. The van der Waals surface area contributed by atoms with E-state index in [0.29, 0.717) is 5.92 Å². The highest BCUT2D eigenvalue weighted by Gasteiger charge is 2.32. The van der Waals surface area contributed by atoms with Crippen LogP contribution in [0.5, 0.6) is 5.75 Å². The Bertz CT molecular complexity index is 1090. The number of carbonyl (C=O) groups excluding carboxylic acids is 1. The second kappa shape index (κ2) is 9.56. The predicted molar refractivity (Wildman–Crippen MR) is 132 cm³/mol. The van der Waals surface area contributed by atoms with Gasteiger partial charge in [0.2, 0.25) is 5.91 Å². The van der Waals surface area contributed by atoms with Crippen molar-refractivity contribution >= 4 is 16.8 Å². The third-order valence-electron chi connectivity index (χ3n) is 6.83. The summed E-state index contributed by atoms with van der Waals surface area (Å²) >= 11 is 0. The average Bonchev–Trinajstić information content (AvgIpc) is 3.12. The summed E-state index contributed by atoms with van der Waals surface area (Å²) in [5.41, 5.74) is 4.23. The minimum absolute atomic E-state index is 0.0534. The fourth-order valence-electron chi connectivity index (χ4n) is 4.67. The number of fused-ring (bicyclic) bond motifs is 1. The van der Waals surface area contributed by atoms with Gasteiger partial charge in [-0.3, -0.25) is 14.7 Å². The van der Waals surface area contributed by atoms with E-state index in [-0.39, 0.29) is 11.9 Å². The predicted octanol–water partition coefficient (Wildman–Crippen LogP) is 5.00. The molecular weight excluding hydrogens is 412 g/mol. The van der Waals surface area contributed by atoms with Crippen LogP contribution >= 0.6 is 0 Å². The number of likely N-dealkylation sites (tertiary alicyclic amines) is 1. The zero-order chi connectivity index (χ0) is 23.6. The summed E-state index contributed by atoms with van der Waals surface area (Å²) in [5.74, 6) is 1.33. The van der Waals surface area contributed by atoms with Crippen LogP contribution in [-0.4, -0.2) is 41.0 Å². The van der Waals surface area contributed by atoms with Crippen LogP contribution in [-0.2, 0) is 11.3 Å². The number of methoxy groups -OCH3 is 1. The van der Waals surface area contributed by atoms with Gasteiger partial charge in [-0.25, -0.2) is 0 Å². The third-order valence-corrected chi connectivity index (χ3v) is 6.83. The number of aromatic amines is 1. The number of rotatable bonds is 6. The van der Waals surface area contributed by atoms with Crippen LogP contribution in [0.25, 0.3) is 10.9 Å². The fraction of sp³-hybridized carbons (Fsp3) is 0.481. The molecule has 3 aromatic rings. The zero-order valence-corrected chi connectivity index (χ0v) is 20.4. The minimum atomic E-state index is -0.427. The molecule has 4 rings (SSSR count). The average molecular weight is 449 g/mol. The quantitative estimate of drug-likeness (QED) is 0.557. The van der Waals surface area contributed by atoms with Crippen molar-refractivity contribution in [2.24, 2.45) is 11.3 Å². The van der Waals surface area contributed by atoms with Crippen molar-refractivity contribution in [3.05, 3.63) is 59.5 Å². The van der Waals surface area contributed by atoms with Crippen LogP contribution in [0.4, 0.5) is 0 Å². The van der Waals surface area contributed by atoms with Crippen LogP contribution in [0.3, 0.4) is 0 Å². The van der Waals surface area contributed by atoms with Crippen LogP contribution in [0.2, 0.25) is 0 Å². The van der Waals surface area contributed by atoms with Crippen LogP contribution in [0, 0.1) is 18.3 Å². The molecule has 6 heteroatoms.